The van der Waals surface area contributed by atoms with Gasteiger partial charge in [0.1, 0.15) is 0 Å². The lowest BCUT2D eigenvalue weighted by Gasteiger charge is -2.17. The number of ether oxygens (including phenoxy) is 1. The largest absolute Gasteiger partial charge is 0.384 e. The molecule has 0 amide bonds. The quantitative estimate of drug-likeness (QED) is 0.809. The zero-order valence-electron chi connectivity index (χ0n) is 14.0. The molecule has 0 aliphatic heterocycles. The van der Waals surface area contributed by atoms with E-state index in [-0.39, 0.29) is 29.7 Å². The van der Waals surface area contributed by atoms with E-state index in [1.165, 1.54) is 19.2 Å². The first-order chi connectivity index (χ1) is 11.4. The van der Waals surface area contributed by atoms with Gasteiger partial charge in [-0.1, -0.05) is 18.0 Å². The second kappa shape index (κ2) is 7.82. The zero-order valence-corrected chi connectivity index (χ0v) is 15.6. The van der Waals surface area contributed by atoms with Crippen molar-refractivity contribution in [2.24, 2.45) is 5.73 Å². The van der Waals surface area contributed by atoms with Crippen molar-refractivity contribution in [1.29, 1.82) is 0 Å². The SMILES string of the molecule is COCCS(=O)(=O)c1ccc(-c2nc(C3(N)CCCC3)no2)cc1.Cl. The molecule has 2 N–H and O–H groups in total. The maximum Gasteiger partial charge on any atom is 0.257 e. The average Bonchev–Trinajstić information content (AvgIpc) is 3.23. The lowest BCUT2D eigenvalue weighted by molar-refractivity contribution is 0.217. The smallest absolute Gasteiger partial charge is 0.257 e. The van der Waals surface area contributed by atoms with Crippen molar-refractivity contribution in [2.75, 3.05) is 19.5 Å². The first-order valence-corrected chi connectivity index (χ1v) is 9.55. The zero-order chi connectivity index (χ0) is 17.2. The van der Waals surface area contributed by atoms with Crippen molar-refractivity contribution in [3.05, 3.63) is 30.1 Å². The number of sulfone groups is 1. The summed E-state index contributed by atoms with van der Waals surface area (Å²) in [7, 11) is -1.88. The Morgan fingerprint density at radius 2 is 1.88 bits per heavy atom. The number of halogens is 1. The van der Waals surface area contributed by atoms with Gasteiger partial charge in [-0.3, -0.25) is 0 Å². The van der Waals surface area contributed by atoms with E-state index < -0.39 is 15.4 Å². The fourth-order valence-electron chi connectivity index (χ4n) is 2.89. The van der Waals surface area contributed by atoms with E-state index in [0.717, 1.165) is 25.7 Å². The molecule has 138 valence electrons. The van der Waals surface area contributed by atoms with Crippen molar-refractivity contribution in [3.8, 4) is 11.5 Å². The highest BCUT2D eigenvalue weighted by Crippen LogP contribution is 2.35. The van der Waals surface area contributed by atoms with Gasteiger partial charge in [-0.2, -0.15) is 4.98 Å². The molecule has 1 heterocycles. The number of hydrogen-bond acceptors (Lipinski definition) is 7. The van der Waals surface area contributed by atoms with Gasteiger partial charge in [-0.05, 0) is 37.1 Å². The molecule has 0 atom stereocenters. The third-order valence-corrected chi connectivity index (χ3v) is 6.08. The van der Waals surface area contributed by atoms with Gasteiger partial charge in [-0.15, -0.1) is 12.4 Å². The molecule has 1 fully saturated rings. The Morgan fingerprint density at radius 1 is 1.24 bits per heavy atom. The normalized spacial score (nSPS) is 16.6. The summed E-state index contributed by atoms with van der Waals surface area (Å²) in [4.78, 5) is 4.65. The van der Waals surface area contributed by atoms with Gasteiger partial charge in [-0.25, -0.2) is 8.42 Å². The lowest BCUT2D eigenvalue weighted by Crippen LogP contribution is -2.34. The molecule has 1 aliphatic rings. The van der Waals surface area contributed by atoms with Gasteiger partial charge >= 0.3 is 0 Å². The average molecular weight is 388 g/mol. The Labute approximate surface area is 153 Å². The van der Waals surface area contributed by atoms with E-state index in [9.17, 15) is 8.42 Å². The van der Waals surface area contributed by atoms with Crippen LogP contribution in [0.1, 0.15) is 31.5 Å². The summed E-state index contributed by atoms with van der Waals surface area (Å²) < 4.78 is 34.4. The molecule has 1 saturated carbocycles. The first kappa shape index (κ1) is 19.8. The lowest BCUT2D eigenvalue weighted by atomic mass is 9.99. The highest BCUT2D eigenvalue weighted by molar-refractivity contribution is 7.91. The van der Waals surface area contributed by atoms with E-state index in [1.807, 2.05) is 0 Å². The third kappa shape index (κ3) is 4.20. The Bertz CT molecular complexity index is 799. The van der Waals surface area contributed by atoms with Crippen molar-refractivity contribution < 1.29 is 17.7 Å². The fourth-order valence-corrected chi connectivity index (χ4v) is 4.06. The Hall–Kier alpha value is -1.48. The van der Waals surface area contributed by atoms with Gasteiger partial charge in [0.05, 0.1) is 22.8 Å². The molecule has 0 unspecified atom stereocenters. The van der Waals surface area contributed by atoms with E-state index in [2.05, 4.69) is 10.1 Å². The Kier molecular flexibility index (Phi) is 6.21. The van der Waals surface area contributed by atoms with Gasteiger partial charge < -0.3 is 15.0 Å². The summed E-state index contributed by atoms with van der Waals surface area (Å²) in [5.41, 5.74) is 6.48. The number of nitrogens with two attached hydrogens (primary N) is 1. The van der Waals surface area contributed by atoms with Gasteiger partial charge in [0, 0.05) is 12.7 Å². The van der Waals surface area contributed by atoms with Crippen LogP contribution in [0.2, 0.25) is 0 Å². The molecule has 0 bridgehead atoms. The summed E-state index contributed by atoms with van der Waals surface area (Å²) >= 11 is 0. The van der Waals surface area contributed by atoms with E-state index in [1.54, 1.807) is 12.1 Å². The summed E-state index contributed by atoms with van der Waals surface area (Å²) in [5, 5.41) is 4.01. The maximum absolute atomic E-state index is 12.1. The first-order valence-electron chi connectivity index (χ1n) is 7.90. The molecular formula is C16H22ClN3O4S. The number of aromatic nitrogens is 2. The number of benzene rings is 1. The van der Waals surface area contributed by atoms with Crippen LogP contribution >= 0.6 is 12.4 Å². The second-order valence-electron chi connectivity index (χ2n) is 6.12. The molecule has 0 radical (unpaired) electrons. The van der Waals surface area contributed by atoms with E-state index in [4.69, 9.17) is 15.0 Å². The van der Waals surface area contributed by atoms with Crippen molar-refractivity contribution in [3.63, 3.8) is 0 Å². The van der Waals surface area contributed by atoms with Gasteiger partial charge in [0.25, 0.3) is 5.89 Å². The van der Waals surface area contributed by atoms with Crippen molar-refractivity contribution >= 4 is 22.2 Å². The number of nitrogens with zero attached hydrogens (tertiary/aromatic N) is 2. The van der Waals surface area contributed by atoms with Crippen LogP contribution in [0.4, 0.5) is 0 Å². The van der Waals surface area contributed by atoms with Crippen LogP contribution in [0.25, 0.3) is 11.5 Å². The monoisotopic (exact) mass is 387 g/mol. The summed E-state index contributed by atoms with van der Waals surface area (Å²) in [6.45, 7) is 0.162. The Balaban J connectivity index is 0.00000225. The van der Waals surface area contributed by atoms with Gasteiger partial charge in [0.2, 0.25) is 0 Å². The molecule has 1 aromatic carbocycles. The molecule has 25 heavy (non-hydrogen) atoms. The molecule has 1 aromatic heterocycles. The van der Waals surface area contributed by atoms with Crippen molar-refractivity contribution in [2.45, 2.75) is 36.1 Å². The summed E-state index contributed by atoms with van der Waals surface area (Å²) in [6, 6.07) is 6.40. The molecule has 9 heteroatoms. The molecule has 3 rings (SSSR count). The minimum atomic E-state index is -3.35. The topological polar surface area (TPSA) is 108 Å². The second-order valence-corrected chi connectivity index (χ2v) is 8.23. The fraction of sp³-hybridized carbons (Fsp3) is 0.500. The van der Waals surface area contributed by atoms with Crippen LogP contribution in [0.5, 0.6) is 0 Å². The molecular weight excluding hydrogens is 366 g/mol. The summed E-state index contributed by atoms with van der Waals surface area (Å²) in [6.07, 6.45) is 3.83. The van der Waals surface area contributed by atoms with Crippen molar-refractivity contribution in [1.82, 2.24) is 10.1 Å². The molecule has 1 aliphatic carbocycles. The van der Waals surface area contributed by atoms with E-state index in [0.29, 0.717) is 17.3 Å². The van der Waals surface area contributed by atoms with Crippen LogP contribution in [0.3, 0.4) is 0 Å². The molecule has 7 nitrogen and oxygen atoms in total. The van der Waals surface area contributed by atoms with Crippen LogP contribution < -0.4 is 5.73 Å². The standard InChI is InChI=1S/C16H21N3O4S.ClH/c1-22-10-11-24(20,21)13-6-4-12(5-7-13)14-18-15(19-23-14)16(17)8-2-3-9-16;/h4-7H,2-3,8-11,17H2,1H3;1H. The van der Waals surface area contributed by atoms with Crippen LogP contribution in [-0.4, -0.2) is 38.0 Å². The summed E-state index contributed by atoms with van der Waals surface area (Å²) in [5.74, 6) is 0.817. The number of methoxy groups -OCH3 is 1. The van der Waals surface area contributed by atoms with Crippen LogP contribution in [0, 0.1) is 0 Å². The predicted molar refractivity (Wildman–Crippen MR) is 95.2 cm³/mol. The predicted octanol–water partition coefficient (Wildman–Crippen LogP) is 2.31. The molecule has 0 spiro atoms. The maximum atomic E-state index is 12.1. The molecule has 2 aromatic rings. The highest BCUT2D eigenvalue weighted by atomic mass is 35.5. The van der Waals surface area contributed by atoms with Crippen LogP contribution in [-0.2, 0) is 20.1 Å². The van der Waals surface area contributed by atoms with Gasteiger partial charge in [0.15, 0.2) is 15.7 Å². The molecule has 0 saturated heterocycles. The third-order valence-electron chi connectivity index (χ3n) is 4.38. The number of hydrogen-bond donors (Lipinski definition) is 1. The minimum absolute atomic E-state index is 0. The minimum Gasteiger partial charge on any atom is -0.384 e. The highest BCUT2D eigenvalue weighted by Gasteiger charge is 2.36. The Morgan fingerprint density at radius 3 is 2.48 bits per heavy atom. The van der Waals surface area contributed by atoms with Crippen LogP contribution in [0.15, 0.2) is 33.7 Å². The van der Waals surface area contributed by atoms with E-state index >= 15 is 0 Å². The number of rotatable bonds is 6.